The number of carbonyl (C=O) groups is 1. The molecule has 1 saturated heterocycles. The van der Waals surface area contributed by atoms with Crippen LogP contribution in [0.15, 0.2) is 71.3 Å². The molecule has 0 bridgehead atoms. The molecule has 1 unspecified atom stereocenters. The summed E-state index contributed by atoms with van der Waals surface area (Å²) in [5, 5.41) is 12.7. The molecule has 2 heterocycles. The standard InChI is InChI=1S/C23H23N3O4/c27-23(24-28)11-10-17-6-8-18(9-7-17)15-26-12-13-29-22(16-26)21-14-20(25-30-21)19-4-2-1-3-5-19/h1-11,14,22,28H,12-13,15-16H2,(H,24,27)/b11-10+. The Labute approximate surface area is 174 Å². The molecular formula is C23H23N3O4. The van der Waals surface area contributed by atoms with Crippen LogP contribution in [0.1, 0.15) is 23.0 Å². The highest BCUT2D eigenvalue weighted by Crippen LogP contribution is 2.27. The highest BCUT2D eigenvalue weighted by molar-refractivity contribution is 5.90. The first-order chi connectivity index (χ1) is 14.7. The minimum Gasteiger partial charge on any atom is -0.367 e. The lowest BCUT2D eigenvalue weighted by Gasteiger charge is -2.31. The number of amides is 1. The van der Waals surface area contributed by atoms with Crippen LogP contribution >= 0.6 is 0 Å². The summed E-state index contributed by atoms with van der Waals surface area (Å²) in [5.41, 5.74) is 5.46. The molecule has 7 heteroatoms. The summed E-state index contributed by atoms with van der Waals surface area (Å²) in [6.45, 7) is 2.99. The molecule has 0 aliphatic carbocycles. The summed E-state index contributed by atoms with van der Waals surface area (Å²) in [4.78, 5) is 13.4. The van der Waals surface area contributed by atoms with Crippen molar-refractivity contribution in [1.29, 1.82) is 0 Å². The van der Waals surface area contributed by atoms with Gasteiger partial charge >= 0.3 is 0 Å². The van der Waals surface area contributed by atoms with Crippen molar-refractivity contribution in [1.82, 2.24) is 15.5 Å². The predicted molar refractivity (Wildman–Crippen MR) is 111 cm³/mol. The Hall–Kier alpha value is -3.26. The van der Waals surface area contributed by atoms with Gasteiger partial charge in [0.15, 0.2) is 5.76 Å². The van der Waals surface area contributed by atoms with Crippen LogP contribution in [-0.2, 0) is 16.1 Å². The second-order valence-corrected chi connectivity index (χ2v) is 7.13. The SMILES string of the molecule is O=C(/C=C/c1ccc(CN2CCOC(c3cc(-c4ccccc4)no3)C2)cc1)NO. The molecule has 0 spiro atoms. The lowest BCUT2D eigenvalue weighted by Crippen LogP contribution is -2.37. The summed E-state index contributed by atoms with van der Waals surface area (Å²) < 4.78 is 11.5. The van der Waals surface area contributed by atoms with Gasteiger partial charge in [0.1, 0.15) is 11.8 Å². The monoisotopic (exact) mass is 405 g/mol. The van der Waals surface area contributed by atoms with Crippen LogP contribution in [0.5, 0.6) is 0 Å². The number of ether oxygens (including phenoxy) is 1. The maximum absolute atomic E-state index is 11.1. The number of aromatic nitrogens is 1. The van der Waals surface area contributed by atoms with Gasteiger partial charge in [-0.05, 0) is 17.2 Å². The topological polar surface area (TPSA) is 87.8 Å². The van der Waals surface area contributed by atoms with Crippen molar-refractivity contribution in [3.8, 4) is 11.3 Å². The van der Waals surface area contributed by atoms with E-state index in [4.69, 9.17) is 14.5 Å². The van der Waals surface area contributed by atoms with Crippen LogP contribution in [0.2, 0.25) is 0 Å². The van der Waals surface area contributed by atoms with E-state index in [1.165, 1.54) is 11.6 Å². The fourth-order valence-electron chi connectivity index (χ4n) is 3.41. The summed E-state index contributed by atoms with van der Waals surface area (Å²) >= 11 is 0. The predicted octanol–water partition coefficient (Wildman–Crippen LogP) is 3.43. The van der Waals surface area contributed by atoms with E-state index in [-0.39, 0.29) is 6.10 Å². The van der Waals surface area contributed by atoms with Gasteiger partial charge < -0.3 is 9.26 Å². The van der Waals surface area contributed by atoms with E-state index in [1.807, 2.05) is 60.7 Å². The lowest BCUT2D eigenvalue weighted by molar-refractivity contribution is -0.124. The molecule has 2 aromatic carbocycles. The van der Waals surface area contributed by atoms with E-state index in [9.17, 15) is 4.79 Å². The normalized spacial score (nSPS) is 17.3. The summed E-state index contributed by atoms with van der Waals surface area (Å²) in [6.07, 6.45) is 2.78. The van der Waals surface area contributed by atoms with Crippen LogP contribution in [0.25, 0.3) is 17.3 Å². The molecule has 0 radical (unpaired) electrons. The third-order valence-electron chi connectivity index (χ3n) is 4.99. The molecule has 2 N–H and O–H groups in total. The molecule has 1 aliphatic heterocycles. The Bertz CT molecular complexity index is 999. The molecule has 30 heavy (non-hydrogen) atoms. The number of nitrogens with zero attached hydrogens (tertiary/aromatic N) is 2. The van der Waals surface area contributed by atoms with Gasteiger partial charge in [-0.2, -0.15) is 0 Å². The van der Waals surface area contributed by atoms with Crippen LogP contribution in [0.4, 0.5) is 0 Å². The van der Waals surface area contributed by atoms with Crippen LogP contribution < -0.4 is 5.48 Å². The minimum atomic E-state index is -0.554. The van der Waals surface area contributed by atoms with E-state index >= 15 is 0 Å². The Morgan fingerprint density at radius 3 is 2.77 bits per heavy atom. The number of hydrogen-bond acceptors (Lipinski definition) is 6. The fourth-order valence-corrected chi connectivity index (χ4v) is 3.41. The van der Waals surface area contributed by atoms with E-state index < -0.39 is 5.91 Å². The Balaban J connectivity index is 1.37. The maximum Gasteiger partial charge on any atom is 0.267 e. The molecule has 4 rings (SSSR count). The number of hydrogen-bond donors (Lipinski definition) is 2. The van der Waals surface area contributed by atoms with E-state index in [1.54, 1.807) is 11.6 Å². The van der Waals surface area contributed by atoms with Crippen LogP contribution in [-0.4, -0.2) is 40.9 Å². The molecule has 3 aromatic rings. The zero-order valence-corrected chi connectivity index (χ0v) is 16.4. The Kier molecular flexibility index (Phi) is 6.34. The molecule has 0 saturated carbocycles. The first-order valence-electron chi connectivity index (χ1n) is 9.78. The van der Waals surface area contributed by atoms with Crippen molar-refractivity contribution in [3.05, 3.63) is 83.6 Å². The maximum atomic E-state index is 11.1. The van der Waals surface area contributed by atoms with E-state index in [0.29, 0.717) is 6.61 Å². The molecule has 1 aliphatic rings. The van der Waals surface area contributed by atoms with Crippen LogP contribution in [0.3, 0.4) is 0 Å². The molecular weight excluding hydrogens is 382 g/mol. The number of benzene rings is 2. The third-order valence-corrected chi connectivity index (χ3v) is 4.99. The number of morpholine rings is 1. The summed E-state index contributed by atoms with van der Waals surface area (Å²) in [5.74, 6) is 0.183. The van der Waals surface area contributed by atoms with Crippen molar-refractivity contribution in [3.63, 3.8) is 0 Å². The van der Waals surface area contributed by atoms with Crippen molar-refractivity contribution in [2.24, 2.45) is 0 Å². The zero-order valence-electron chi connectivity index (χ0n) is 16.4. The number of hydroxylamine groups is 1. The zero-order chi connectivity index (χ0) is 20.8. The van der Waals surface area contributed by atoms with Gasteiger partial charge in [0.2, 0.25) is 0 Å². The number of rotatable bonds is 6. The molecule has 7 nitrogen and oxygen atoms in total. The van der Waals surface area contributed by atoms with Crippen molar-refractivity contribution < 1.29 is 19.3 Å². The Morgan fingerprint density at radius 1 is 1.20 bits per heavy atom. The number of carbonyl (C=O) groups excluding carboxylic acids is 1. The highest BCUT2D eigenvalue weighted by atomic mass is 16.5. The van der Waals surface area contributed by atoms with Crippen LogP contribution in [0, 0.1) is 0 Å². The van der Waals surface area contributed by atoms with Gasteiger partial charge in [-0.3, -0.25) is 14.9 Å². The summed E-state index contributed by atoms with van der Waals surface area (Å²) in [6, 6.07) is 19.8. The van der Waals surface area contributed by atoms with Gasteiger partial charge in [-0.15, -0.1) is 0 Å². The Morgan fingerprint density at radius 2 is 2.00 bits per heavy atom. The summed E-state index contributed by atoms with van der Waals surface area (Å²) in [7, 11) is 0. The van der Waals surface area contributed by atoms with E-state index in [2.05, 4.69) is 10.1 Å². The van der Waals surface area contributed by atoms with Gasteiger partial charge in [0.25, 0.3) is 5.91 Å². The fraction of sp³-hybridized carbons (Fsp3) is 0.217. The largest absolute Gasteiger partial charge is 0.367 e. The molecule has 154 valence electrons. The van der Waals surface area contributed by atoms with Crippen molar-refractivity contribution in [2.45, 2.75) is 12.6 Å². The second kappa shape index (κ2) is 9.49. The third kappa shape index (κ3) is 5.01. The first kappa shape index (κ1) is 20.0. The van der Waals surface area contributed by atoms with Crippen molar-refractivity contribution >= 4 is 12.0 Å². The molecule has 1 amide bonds. The van der Waals surface area contributed by atoms with Gasteiger partial charge in [0, 0.05) is 37.3 Å². The average molecular weight is 405 g/mol. The second-order valence-electron chi connectivity index (χ2n) is 7.13. The minimum absolute atomic E-state index is 0.150. The van der Waals surface area contributed by atoms with Gasteiger partial charge in [-0.1, -0.05) is 59.8 Å². The van der Waals surface area contributed by atoms with E-state index in [0.717, 1.165) is 42.2 Å². The smallest absolute Gasteiger partial charge is 0.267 e. The molecule has 1 atom stereocenters. The van der Waals surface area contributed by atoms with Crippen molar-refractivity contribution in [2.75, 3.05) is 19.7 Å². The van der Waals surface area contributed by atoms with Gasteiger partial charge in [-0.25, -0.2) is 5.48 Å². The molecule has 1 fully saturated rings. The first-order valence-corrected chi connectivity index (χ1v) is 9.78. The lowest BCUT2D eigenvalue weighted by atomic mass is 10.1. The highest BCUT2D eigenvalue weighted by Gasteiger charge is 2.25. The quantitative estimate of drug-likeness (QED) is 0.371. The van der Waals surface area contributed by atoms with Gasteiger partial charge in [0.05, 0.1) is 6.61 Å². The average Bonchev–Trinajstić information content (AvgIpc) is 3.30. The number of nitrogens with one attached hydrogen (secondary N) is 1. The molecule has 1 aromatic heterocycles.